The first-order chi connectivity index (χ1) is 17.2. The van der Waals surface area contributed by atoms with E-state index in [2.05, 4.69) is 17.0 Å². The van der Waals surface area contributed by atoms with Crippen LogP contribution in [0.5, 0.6) is 11.5 Å². The van der Waals surface area contributed by atoms with Crippen molar-refractivity contribution in [3.05, 3.63) is 41.7 Å². The number of benzene rings is 1. The van der Waals surface area contributed by atoms with Crippen molar-refractivity contribution in [1.82, 2.24) is 19.5 Å². The largest absolute Gasteiger partial charge is 0.493 e. The van der Waals surface area contributed by atoms with Gasteiger partial charge in [-0.25, -0.2) is 9.50 Å². The van der Waals surface area contributed by atoms with Gasteiger partial charge < -0.3 is 14.4 Å². The number of likely N-dealkylation sites (tertiary alicyclic amines) is 1. The average Bonchev–Trinajstić information content (AvgIpc) is 3.31. The maximum atomic E-state index is 14.1. The van der Waals surface area contributed by atoms with Gasteiger partial charge in [0, 0.05) is 24.2 Å². The number of methoxy groups -OCH3 is 2. The van der Waals surface area contributed by atoms with E-state index in [1.807, 2.05) is 4.90 Å². The molecule has 5 rings (SSSR count). The van der Waals surface area contributed by atoms with E-state index in [0.717, 1.165) is 42.7 Å². The van der Waals surface area contributed by atoms with Gasteiger partial charge in [-0.15, -0.1) is 0 Å². The van der Waals surface area contributed by atoms with E-state index in [4.69, 9.17) is 9.47 Å². The smallest absolute Gasteiger partial charge is 0.433 e. The Labute approximate surface area is 207 Å². The third-order valence-corrected chi connectivity index (χ3v) is 7.62. The van der Waals surface area contributed by atoms with Gasteiger partial charge in [0.1, 0.15) is 0 Å². The van der Waals surface area contributed by atoms with Gasteiger partial charge >= 0.3 is 6.18 Å². The van der Waals surface area contributed by atoms with Crippen LogP contribution in [0.15, 0.2) is 30.3 Å². The van der Waals surface area contributed by atoms with Crippen LogP contribution < -0.4 is 9.47 Å². The number of carbonyl (C=O) groups excluding carboxylic acids is 1. The maximum absolute atomic E-state index is 14.1. The standard InChI is InChI=1S/C26H29F3N4O3/c1-15-10-11-32(20-7-5-4-6-17(15)20)25(34)19-14-24-30-18(13-23(26(27,28)29)33(24)31-19)16-8-9-21(35-2)22(12-16)36-3/h8-9,12-15,17,20H,4-7,10-11H2,1-3H3/t15-,17-,20+/m0/s1. The highest BCUT2D eigenvalue weighted by atomic mass is 19.4. The number of halogens is 3. The van der Waals surface area contributed by atoms with E-state index in [9.17, 15) is 18.0 Å². The van der Waals surface area contributed by atoms with Gasteiger partial charge in [0.25, 0.3) is 5.91 Å². The number of piperidine rings is 1. The number of aromatic nitrogens is 3. The van der Waals surface area contributed by atoms with Crippen LogP contribution in [-0.4, -0.2) is 52.2 Å². The molecule has 1 aliphatic heterocycles. The molecule has 0 spiro atoms. The molecule has 0 unspecified atom stereocenters. The highest BCUT2D eigenvalue weighted by molar-refractivity contribution is 5.93. The molecule has 2 aromatic heterocycles. The SMILES string of the molecule is COc1ccc(-c2cc(C(F)(F)F)n3nc(C(=O)N4CC[C@H](C)[C@@H]5CCCC[C@H]54)cc3n2)cc1OC. The van der Waals surface area contributed by atoms with Crippen molar-refractivity contribution in [1.29, 1.82) is 0 Å². The molecule has 3 atom stereocenters. The van der Waals surface area contributed by atoms with Crippen molar-refractivity contribution in [2.45, 2.75) is 51.2 Å². The normalized spacial score (nSPS) is 22.4. The van der Waals surface area contributed by atoms with E-state index < -0.39 is 11.9 Å². The summed E-state index contributed by atoms with van der Waals surface area (Å²) in [6, 6.07) is 7.19. The van der Waals surface area contributed by atoms with Crippen LogP contribution >= 0.6 is 0 Å². The lowest BCUT2D eigenvalue weighted by atomic mass is 9.72. The summed E-state index contributed by atoms with van der Waals surface area (Å²) in [7, 11) is 2.93. The Morgan fingerprint density at radius 3 is 2.50 bits per heavy atom. The van der Waals surface area contributed by atoms with Gasteiger partial charge in [-0.2, -0.15) is 18.3 Å². The predicted molar refractivity (Wildman–Crippen MR) is 127 cm³/mol. The quantitative estimate of drug-likeness (QED) is 0.473. The number of nitrogens with zero attached hydrogens (tertiary/aromatic N) is 4. The van der Waals surface area contributed by atoms with Crippen molar-refractivity contribution >= 4 is 11.6 Å². The van der Waals surface area contributed by atoms with Gasteiger partial charge in [-0.3, -0.25) is 4.79 Å². The summed E-state index contributed by atoms with van der Waals surface area (Å²) < 4.78 is 53.5. The molecule has 2 fully saturated rings. The first-order valence-electron chi connectivity index (χ1n) is 12.2. The minimum absolute atomic E-state index is 0.0173. The monoisotopic (exact) mass is 502 g/mol. The number of carbonyl (C=O) groups is 1. The lowest BCUT2D eigenvalue weighted by Crippen LogP contribution is -2.52. The van der Waals surface area contributed by atoms with Crippen molar-refractivity contribution in [2.75, 3.05) is 20.8 Å². The molecule has 7 nitrogen and oxygen atoms in total. The molecular weight excluding hydrogens is 473 g/mol. The molecule has 192 valence electrons. The molecule has 2 aliphatic rings. The molecule has 1 saturated heterocycles. The van der Waals surface area contributed by atoms with Gasteiger partial charge in [-0.05, 0) is 55.4 Å². The number of rotatable bonds is 4. The second-order valence-electron chi connectivity index (χ2n) is 9.67. The molecule has 1 amide bonds. The molecule has 36 heavy (non-hydrogen) atoms. The zero-order valence-corrected chi connectivity index (χ0v) is 20.5. The van der Waals surface area contributed by atoms with Crippen LogP contribution in [0.2, 0.25) is 0 Å². The molecule has 3 aromatic rings. The minimum Gasteiger partial charge on any atom is -0.493 e. The molecule has 3 heterocycles. The summed E-state index contributed by atoms with van der Waals surface area (Å²) in [5.74, 6) is 1.45. The van der Waals surface area contributed by atoms with Gasteiger partial charge in [0.15, 0.2) is 28.5 Å². The molecule has 0 bridgehead atoms. The summed E-state index contributed by atoms with van der Waals surface area (Å²) in [5.41, 5.74) is -0.544. The summed E-state index contributed by atoms with van der Waals surface area (Å²) in [4.78, 5) is 19.8. The van der Waals surface area contributed by atoms with Crippen molar-refractivity contribution in [3.8, 4) is 22.8 Å². The second-order valence-corrected chi connectivity index (χ2v) is 9.67. The lowest BCUT2D eigenvalue weighted by Gasteiger charge is -2.47. The summed E-state index contributed by atoms with van der Waals surface area (Å²) in [6.07, 6.45) is 0.388. The fourth-order valence-corrected chi connectivity index (χ4v) is 5.74. The molecule has 0 N–H and O–H groups in total. The first-order valence-corrected chi connectivity index (χ1v) is 12.2. The van der Waals surface area contributed by atoms with Gasteiger partial charge in [0.05, 0.1) is 19.9 Å². The highest BCUT2D eigenvalue weighted by Crippen LogP contribution is 2.40. The number of hydrogen-bond acceptors (Lipinski definition) is 5. The van der Waals surface area contributed by atoms with Crippen molar-refractivity contribution < 1.29 is 27.4 Å². The zero-order chi connectivity index (χ0) is 25.6. The van der Waals surface area contributed by atoms with Crippen LogP contribution in [-0.2, 0) is 6.18 Å². The fraction of sp³-hybridized carbons (Fsp3) is 0.500. The van der Waals surface area contributed by atoms with Crippen molar-refractivity contribution in [3.63, 3.8) is 0 Å². The number of amides is 1. The number of ether oxygens (including phenoxy) is 2. The number of alkyl halides is 3. The molecule has 1 aliphatic carbocycles. The third kappa shape index (κ3) is 4.26. The molecule has 0 radical (unpaired) electrons. The molecule has 1 saturated carbocycles. The zero-order valence-electron chi connectivity index (χ0n) is 20.5. The average molecular weight is 503 g/mol. The summed E-state index contributed by atoms with van der Waals surface area (Å²) in [5, 5.41) is 4.11. The Balaban J connectivity index is 1.56. The Bertz CT molecular complexity index is 1290. The van der Waals surface area contributed by atoms with E-state index in [-0.39, 0.29) is 29.0 Å². The summed E-state index contributed by atoms with van der Waals surface area (Å²) >= 11 is 0. The Kier molecular flexibility index (Phi) is 6.30. The lowest BCUT2D eigenvalue weighted by molar-refractivity contribution is -0.142. The minimum atomic E-state index is -4.70. The summed E-state index contributed by atoms with van der Waals surface area (Å²) in [6.45, 7) is 2.82. The van der Waals surface area contributed by atoms with Crippen LogP contribution in [0.4, 0.5) is 13.2 Å². The van der Waals surface area contributed by atoms with Gasteiger partial charge in [0.2, 0.25) is 0 Å². The van der Waals surface area contributed by atoms with Gasteiger partial charge in [-0.1, -0.05) is 19.8 Å². The van der Waals surface area contributed by atoms with E-state index in [1.54, 1.807) is 18.2 Å². The first kappa shape index (κ1) is 24.4. The van der Waals surface area contributed by atoms with Crippen LogP contribution in [0.1, 0.15) is 55.2 Å². The predicted octanol–water partition coefficient (Wildman–Crippen LogP) is 5.47. The van der Waals surface area contributed by atoms with E-state index in [1.165, 1.54) is 20.3 Å². The highest BCUT2D eigenvalue weighted by Gasteiger charge is 2.41. The van der Waals surface area contributed by atoms with E-state index >= 15 is 0 Å². The molecule has 10 heteroatoms. The molecular formula is C26H29F3N4O3. The fourth-order valence-electron chi connectivity index (χ4n) is 5.74. The number of fused-ring (bicyclic) bond motifs is 2. The second kappa shape index (κ2) is 9.29. The van der Waals surface area contributed by atoms with Crippen LogP contribution in [0.25, 0.3) is 16.9 Å². The maximum Gasteiger partial charge on any atom is 0.433 e. The molecule has 1 aromatic carbocycles. The van der Waals surface area contributed by atoms with Crippen LogP contribution in [0.3, 0.4) is 0 Å². The Morgan fingerprint density at radius 1 is 1.03 bits per heavy atom. The Hall–Kier alpha value is -3.30. The topological polar surface area (TPSA) is 69.0 Å². The third-order valence-electron chi connectivity index (χ3n) is 7.62. The van der Waals surface area contributed by atoms with E-state index in [0.29, 0.717) is 35.4 Å². The Morgan fingerprint density at radius 2 is 1.78 bits per heavy atom. The van der Waals surface area contributed by atoms with Crippen molar-refractivity contribution in [2.24, 2.45) is 11.8 Å². The number of hydrogen-bond donors (Lipinski definition) is 0. The van der Waals surface area contributed by atoms with Crippen LogP contribution in [0, 0.1) is 11.8 Å².